The lowest BCUT2D eigenvalue weighted by atomic mass is 10.2. The molecule has 0 unspecified atom stereocenters. The van der Waals surface area contributed by atoms with Gasteiger partial charge < -0.3 is 10.4 Å². The lowest BCUT2D eigenvalue weighted by Gasteiger charge is -2.11. The maximum atomic E-state index is 12.6. The van der Waals surface area contributed by atoms with E-state index in [1.165, 1.54) is 42.5 Å². The highest BCUT2D eigenvalue weighted by Crippen LogP contribution is 2.24. The first kappa shape index (κ1) is 21.7. The summed E-state index contributed by atoms with van der Waals surface area (Å²) in [5.74, 6) is -1.81. The molecule has 2 aromatic rings. The van der Waals surface area contributed by atoms with Crippen LogP contribution < -0.4 is 14.8 Å². The fraction of sp³-hybridized carbons (Fsp3) is 0.222. The second-order valence-corrected chi connectivity index (χ2v) is 10.0. The Morgan fingerprint density at radius 3 is 2.10 bits per heavy atom. The summed E-state index contributed by atoms with van der Waals surface area (Å²) < 4.78 is 54.7. The molecule has 12 heteroatoms. The van der Waals surface area contributed by atoms with Crippen LogP contribution >= 0.6 is 0 Å². The number of carboxylic acid groups (broad SMARTS) is 1. The van der Waals surface area contributed by atoms with Crippen LogP contribution in [-0.2, 0) is 24.8 Å². The average molecular weight is 453 g/mol. The molecule has 1 amide bonds. The number of anilines is 1. The third-order valence-corrected chi connectivity index (χ3v) is 7.02. The van der Waals surface area contributed by atoms with E-state index in [9.17, 15) is 26.4 Å². The van der Waals surface area contributed by atoms with Crippen LogP contribution in [0.5, 0.6) is 0 Å². The third kappa shape index (κ3) is 5.55. The van der Waals surface area contributed by atoms with E-state index in [0.29, 0.717) is 0 Å². The standard InChI is InChI=1S/C18H19N3O7S2/c22-17(23)11-19-18(24)12-4-6-13(7-5-12)20-29(25,26)15-2-1-3-16(10-15)30(27,28)21-14-8-9-14/h1-7,10,14,20-21H,8-9,11H2,(H,19,24)(H,22,23). The maximum absolute atomic E-state index is 12.6. The number of benzene rings is 2. The van der Waals surface area contributed by atoms with Crippen molar-refractivity contribution in [2.75, 3.05) is 11.3 Å². The Morgan fingerprint density at radius 2 is 1.53 bits per heavy atom. The summed E-state index contributed by atoms with van der Waals surface area (Å²) >= 11 is 0. The van der Waals surface area contributed by atoms with Crippen LogP contribution in [-0.4, -0.2) is 46.4 Å². The molecule has 10 nitrogen and oxygen atoms in total. The van der Waals surface area contributed by atoms with Crippen molar-refractivity contribution in [1.82, 2.24) is 10.0 Å². The van der Waals surface area contributed by atoms with Crippen molar-refractivity contribution in [3.8, 4) is 0 Å². The number of carboxylic acids is 1. The molecule has 3 rings (SSSR count). The zero-order valence-electron chi connectivity index (χ0n) is 15.5. The van der Waals surface area contributed by atoms with Gasteiger partial charge in [0.15, 0.2) is 0 Å². The summed E-state index contributed by atoms with van der Waals surface area (Å²) in [4.78, 5) is 21.9. The van der Waals surface area contributed by atoms with E-state index in [4.69, 9.17) is 5.11 Å². The van der Waals surface area contributed by atoms with E-state index < -0.39 is 38.5 Å². The molecule has 1 aliphatic rings. The lowest BCUT2D eigenvalue weighted by molar-refractivity contribution is -0.135. The van der Waals surface area contributed by atoms with Crippen LogP contribution in [0.4, 0.5) is 5.69 Å². The molecular formula is C18H19N3O7S2. The Labute approximate surface area is 173 Å². The largest absolute Gasteiger partial charge is 0.480 e. The minimum atomic E-state index is -4.08. The molecule has 2 aromatic carbocycles. The van der Waals surface area contributed by atoms with Gasteiger partial charge in [-0.1, -0.05) is 6.07 Å². The molecule has 4 N–H and O–H groups in total. The first-order chi connectivity index (χ1) is 14.1. The molecule has 0 spiro atoms. The SMILES string of the molecule is O=C(O)CNC(=O)c1ccc(NS(=O)(=O)c2cccc(S(=O)(=O)NC3CC3)c2)cc1. The molecule has 160 valence electrons. The van der Waals surface area contributed by atoms with Crippen LogP contribution in [0.1, 0.15) is 23.2 Å². The number of carbonyl (C=O) groups is 2. The van der Waals surface area contributed by atoms with Crippen LogP contribution in [0.25, 0.3) is 0 Å². The van der Waals surface area contributed by atoms with Gasteiger partial charge in [0.05, 0.1) is 9.79 Å². The van der Waals surface area contributed by atoms with Crippen molar-refractivity contribution in [2.45, 2.75) is 28.7 Å². The normalized spacial score (nSPS) is 14.1. The average Bonchev–Trinajstić information content (AvgIpc) is 3.50. The zero-order valence-corrected chi connectivity index (χ0v) is 17.2. The number of aliphatic carboxylic acids is 1. The van der Waals surface area contributed by atoms with Gasteiger partial charge in [0, 0.05) is 17.3 Å². The minimum absolute atomic E-state index is 0.111. The fourth-order valence-electron chi connectivity index (χ4n) is 2.46. The van der Waals surface area contributed by atoms with Crippen molar-refractivity contribution in [2.24, 2.45) is 0 Å². The maximum Gasteiger partial charge on any atom is 0.322 e. The quantitative estimate of drug-likeness (QED) is 0.436. The van der Waals surface area contributed by atoms with Crippen molar-refractivity contribution < 1.29 is 31.5 Å². The summed E-state index contributed by atoms with van der Waals surface area (Å²) in [5.41, 5.74) is 0.299. The number of hydrogen-bond donors (Lipinski definition) is 4. The smallest absolute Gasteiger partial charge is 0.322 e. The van der Waals surface area contributed by atoms with Gasteiger partial charge in [-0.25, -0.2) is 21.6 Å². The summed E-state index contributed by atoms with van der Waals surface area (Å²) in [6.45, 7) is -0.540. The van der Waals surface area contributed by atoms with Gasteiger partial charge in [-0.15, -0.1) is 0 Å². The van der Waals surface area contributed by atoms with Gasteiger partial charge in [-0.3, -0.25) is 14.3 Å². The molecule has 0 saturated heterocycles. The number of hydrogen-bond acceptors (Lipinski definition) is 6. The van der Waals surface area contributed by atoms with Gasteiger partial charge in [-0.05, 0) is 55.3 Å². The molecule has 1 aliphatic carbocycles. The first-order valence-electron chi connectivity index (χ1n) is 8.82. The Morgan fingerprint density at radius 1 is 0.933 bits per heavy atom. The van der Waals surface area contributed by atoms with Crippen molar-refractivity contribution in [3.05, 3.63) is 54.1 Å². The molecule has 1 saturated carbocycles. The Kier molecular flexibility index (Phi) is 6.10. The Hall–Kier alpha value is -2.96. The van der Waals surface area contributed by atoms with Crippen LogP contribution in [0.15, 0.2) is 58.3 Å². The monoisotopic (exact) mass is 453 g/mol. The van der Waals surface area contributed by atoms with E-state index in [1.807, 2.05) is 0 Å². The number of nitrogens with one attached hydrogen (secondary N) is 3. The predicted octanol–water partition coefficient (Wildman–Crippen LogP) is 0.742. The van der Waals surface area contributed by atoms with Gasteiger partial charge >= 0.3 is 5.97 Å². The van der Waals surface area contributed by atoms with Crippen molar-refractivity contribution in [3.63, 3.8) is 0 Å². The van der Waals surface area contributed by atoms with Crippen LogP contribution in [0, 0.1) is 0 Å². The number of amides is 1. The first-order valence-corrected chi connectivity index (χ1v) is 11.8. The Balaban J connectivity index is 1.74. The van der Waals surface area contributed by atoms with Gasteiger partial charge in [0.25, 0.3) is 15.9 Å². The van der Waals surface area contributed by atoms with E-state index >= 15 is 0 Å². The molecule has 0 radical (unpaired) electrons. The molecule has 0 atom stereocenters. The zero-order chi connectivity index (χ0) is 21.9. The highest BCUT2D eigenvalue weighted by molar-refractivity contribution is 7.93. The molecular weight excluding hydrogens is 434 g/mol. The fourth-order valence-corrected chi connectivity index (χ4v) is 4.99. The lowest BCUT2D eigenvalue weighted by Crippen LogP contribution is -2.29. The molecule has 0 aromatic heterocycles. The number of rotatable bonds is 9. The van der Waals surface area contributed by atoms with Gasteiger partial charge in [-0.2, -0.15) is 0 Å². The van der Waals surface area contributed by atoms with Crippen molar-refractivity contribution in [1.29, 1.82) is 0 Å². The summed E-state index contributed by atoms with van der Waals surface area (Å²) in [6.07, 6.45) is 1.51. The molecule has 0 bridgehead atoms. The van der Waals surface area contributed by atoms with Crippen LogP contribution in [0.3, 0.4) is 0 Å². The van der Waals surface area contributed by atoms with E-state index in [1.54, 1.807) is 0 Å². The molecule has 1 fully saturated rings. The number of sulfonamides is 2. The van der Waals surface area contributed by atoms with Crippen LogP contribution in [0.2, 0.25) is 0 Å². The summed E-state index contributed by atoms with van der Waals surface area (Å²) in [7, 11) is -7.89. The second-order valence-electron chi connectivity index (χ2n) is 6.63. The van der Waals surface area contributed by atoms with E-state index in [0.717, 1.165) is 18.9 Å². The summed E-state index contributed by atoms with van der Waals surface area (Å²) in [6, 6.07) is 10.2. The van der Waals surface area contributed by atoms with E-state index in [2.05, 4.69) is 14.8 Å². The predicted molar refractivity (Wildman–Crippen MR) is 107 cm³/mol. The van der Waals surface area contributed by atoms with Gasteiger partial charge in [0.1, 0.15) is 6.54 Å². The molecule has 0 heterocycles. The molecule has 30 heavy (non-hydrogen) atoms. The highest BCUT2D eigenvalue weighted by Gasteiger charge is 2.28. The van der Waals surface area contributed by atoms with E-state index in [-0.39, 0.29) is 27.1 Å². The van der Waals surface area contributed by atoms with Crippen molar-refractivity contribution >= 4 is 37.6 Å². The number of carbonyl (C=O) groups excluding carboxylic acids is 1. The van der Waals surface area contributed by atoms with Gasteiger partial charge in [0.2, 0.25) is 10.0 Å². The summed E-state index contributed by atoms with van der Waals surface area (Å²) in [5, 5.41) is 10.8. The Bertz CT molecular complexity index is 1170. The molecule has 0 aliphatic heterocycles. The minimum Gasteiger partial charge on any atom is -0.480 e. The third-order valence-electron chi connectivity index (χ3n) is 4.12. The second kappa shape index (κ2) is 8.42. The highest BCUT2D eigenvalue weighted by atomic mass is 32.2. The topological polar surface area (TPSA) is 159 Å².